The Hall–Kier alpha value is -3.10. The van der Waals surface area contributed by atoms with E-state index in [4.69, 9.17) is 18.6 Å². The molecule has 8 heteroatoms. The average molecular weight is 408 g/mol. The molecule has 1 aromatic heterocycles. The third kappa shape index (κ3) is 4.10. The predicted molar refractivity (Wildman–Crippen MR) is 109 cm³/mol. The first-order valence-electron chi connectivity index (χ1n) is 10.1. The van der Waals surface area contributed by atoms with Crippen LogP contribution in [0.3, 0.4) is 0 Å². The lowest BCUT2D eigenvalue weighted by atomic mass is 10.1. The molecule has 0 spiro atoms. The van der Waals surface area contributed by atoms with Crippen LogP contribution in [0.15, 0.2) is 46.9 Å². The molecule has 0 N–H and O–H groups in total. The summed E-state index contributed by atoms with van der Waals surface area (Å²) in [5.74, 6) is 3.66. The number of methoxy groups -OCH3 is 1. The van der Waals surface area contributed by atoms with E-state index in [0.29, 0.717) is 25.1 Å². The Morgan fingerprint density at radius 1 is 0.867 bits per heavy atom. The Morgan fingerprint density at radius 3 is 2.37 bits per heavy atom. The second kappa shape index (κ2) is 8.33. The molecular weight excluding hydrogens is 384 g/mol. The predicted octanol–water partition coefficient (Wildman–Crippen LogP) is 2.79. The van der Waals surface area contributed by atoms with Gasteiger partial charge in [-0.15, -0.1) is 10.2 Å². The summed E-state index contributed by atoms with van der Waals surface area (Å²) < 4.78 is 21.9. The number of hydrogen-bond donors (Lipinski definition) is 0. The SMILES string of the molecule is COc1ccc(-c2nnc(CN3CCN(Cc4ccc5c(c4)OCO5)CC3)o2)cc1. The number of piperazine rings is 1. The van der Waals surface area contributed by atoms with E-state index >= 15 is 0 Å². The molecule has 2 aromatic carbocycles. The van der Waals surface area contributed by atoms with Crippen molar-refractivity contribution in [2.45, 2.75) is 13.1 Å². The van der Waals surface area contributed by atoms with Crippen molar-refractivity contribution in [3.8, 4) is 28.7 Å². The molecular formula is C22H24N4O4. The molecule has 1 fully saturated rings. The largest absolute Gasteiger partial charge is 0.497 e. The van der Waals surface area contributed by atoms with Crippen LogP contribution in [0.25, 0.3) is 11.5 Å². The first kappa shape index (κ1) is 18.9. The topological polar surface area (TPSA) is 73.1 Å². The van der Waals surface area contributed by atoms with Gasteiger partial charge in [0.2, 0.25) is 18.6 Å². The van der Waals surface area contributed by atoms with E-state index in [1.807, 2.05) is 30.3 Å². The van der Waals surface area contributed by atoms with Crippen LogP contribution in [-0.2, 0) is 13.1 Å². The molecule has 1 saturated heterocycles. The molecule has 0 atom stereocenters. The summed E-state index contributed by atoms with van der Waals surface area (Å²) in [6.07, 6.45) is 0. The van der Waals surface area contributed by atoms with Crippen molar-refractivity contribution in [2.24, 2.45) is 0 Å². The fraction of sp³-hybridized carbons (Fsp3) is 0.364. The summed E-state index contributed by atoms with van der Waals surface area (Å²) in [4.78, 5) is 4.80. The van der Waals surface area contributed by atoms with Gasteiger partial charge in [-0.25, -0.2) is 0 Å². The van der Waals surface area contributed by atoms with Crippen molar-refractivity contribution in [3.05, 3.63) is 53.9 Å². The van der Waals surface area contributed by atoms with Crippen LogP contribution >= 0.6 is 0 Å². The zero-order chi connectivity index (χ0) is 20.3. The minimum Gasteiger partial charge on any atom is -0.497 e. The molecule has 3 heterocycles. The number of ether oxygens (including phenoxy) is 3. The number of aromatic nitrogens is 2. The van der Waals surface area contributed by atoms with Crippen LogP contribution in [0.1, 0.15) is 11.5 Å². The highest BCUT2D eigenvalue weighted by Gasteiger charge is 2.21. The molecule has 0 bridgehead atoms. The van der Waals surface area contributed by atoms with E-state index in [-0.39, 0.29) is 0 Å². The lowest BCUT2D eigenvalue weighted by Crippen LogP contribution is -2.45. The summed E-state index contributed by atoms with van der Waals surface area (Å²) in [6.45, 7) is 5.80. The summed E-state index contributed by atoms with van der Waals surface area (Å²) in [7, 11) is 1.65. The summed E-state index contributed by atoms with van der Waals surface area (Å²) in [5, 5.41) is 8.41. The molecule has 8 nitrogen and oxygen atoms in total. The van der Waals surface area contributed by atoms with Crippen LogP contribution in [0.2, 0.25) is 0 Å². The zero-order valence-electron chi connectivity index (χ0n) is 16.9. The minimum absolute atomic E-state index is 0.313. The minimum atomic E-state index is 0.313. The number of nitrogens with zero attached hydrogens (tertiary/aromatic N) is 4. The normalized spacial score (nSPS) is 16.7. The number of rotatable bonds is 6. The highest BCUT2D eigenvalue weighted by Crippen LogP contribution is 2.33. The summed E-state index contributed by atoms with van der Waals surface area (Å²) >= 11 is 0. The van der Waals surface area contributed by atoms with E-state index in [1.165, 1.54) is 5.56 Å². The Balaban J connectivity index is 1.13. The van der Waals surface area contributed by atoms with Crippen molar-refractivity contribution in [1.29, 1.82) is 0 Å². The van der Waals surface area contributed by atoms with E-state index in [2.05, 4.69) is 32.1 Å². The Kier molecular flexibility index (Phi) is 5.25. The van der Waals surface area contributed by atoms with E-state index in [0.717, 1.165) is 55.5 Å². The van der Waals surface area contributed by atoms with Crippen molar-refractivity contribution >= 4 is 0 Å². The lowest BCUT2D eigenvalue weighted by molar-refractivity contribution is 0.114. The van der Waals surface area contributed by atoms with Gasteiger partial charge in [-0.3, -0.25) is 9.80 Å². The van der Waals surface area contributed by atoms with Crippen LogP contribution in [0.4, 0.5) is 0 Å². The van der Waals surface area contributed by atoms with Gasteiger partial charge in [-0.1, -0.05) is 6.07 Å². The van der Waals surface area contributed by atoms with E-state index in [9.17, 15) is 0 Å². The lowest BCUT2D eigenvalue weighted by Gasteiger charge is -2.33. The molecule has 156 valence electrons. The van der Waals surface area contributed by atoms with Gasteiger partial charge < -0.3 is 18.6 Å². The molecule has 0 unspecified atom stereocenters. The first-order valence-corrected chi connectivity index (χ1v) is 10.1. The molecule has 30 heavy (non-hydrogen) atoms. The van der Waals surface area contributed by atoms with Crippen molar-refractivity contribution in [2.75, 3.05) is 40.1 Å². The zero-order valence-corrected chi connectivity index (χ0v) is 16.9. The second-order valence-electron chi connectivity index (χ2n) is 7.47. The van der Waals surface area contributed by atoms with Gasteiger partial charge in [0, 0.05) is 38.3 Å². The Labute approximate surface area is 175 Å². The second-order valence-corrected chi connectivity index (χ2v) is 7.47. The van der Waals surface area contributed by atoms with Gasteiger partial charge in [0.15, 0.2) is 11.5 Å². The molecule has 3 aromatic rings. The van der Waals surface area contributed by atoms with Crippen LogP contribution < -0.4 is 14.2 Å². The van der Waals surface area contributed by atoms with Crippen molar-refractivity contribution < 1.29 is 18.6 Å². The molecule has 0 radical (unpaired) electrons. The fourth-order valence-electron chi connectivity index (χ4n) is 3.76. The molecule has 0 saturated carbocycles. The molecule has 5 rings (SSSR count). The maximum atomic E-state index is 5.87. The maximum Gasteiger partial charge on any atom is 0.247 e. The van der Waals surface area contributed by atoms with Crippen molar-refractivity contribution in [1.82, 2.24) is 20.0 Å². The van der Waals surface area contributed by atoms with Crippen LogP contribution in [0, 0.1) is 0 Å². The van der Waals surface area contributed by atoms with E-state index in [1.54, 1.807) is 7.11 Å². The molecule has 0 aliphatic carbocycles. The monoisotopic (exact) mass is 408 g/mol. The average Bonchev–Trinajstić information content (AvgIpc) is 3.44. The fourth-order valence-corrected chi connectivity index (χ4v) is 3.76. The third-order valence-electron chi connectivity index (χ3n) is 5.47. The molecule has 0 amide bonds. The highest BCUT2D eigenvalue weighted by molar-refractivity contribution is 5.53. The maximum absolute atomic E-state index is 5.87. The smallest absolute Gasteiger partial charge is 0.247 e. The van der Waals surface area contributed by atoms with Gasteiger partial charge in [-0.05, 0) is 42.0 Å². The van der Waals surface area contributed by atoms with Gasteiger partial charge in [-0.2, -0.15) is 0 Å². The van der Waals surface area contributed by atoms with Gasteiger partial charge >= 0.3 is 0 Å². The number of fused-ring (bicyclic) bond motifs is 1. The van der Waals surface area contributed by atoms with Gasteiger partial charge in [0.1, 0.15) is 5.75 Å². The van der Waals surface area contributed by atoms with Crippen LogP contribution in [-0.4, -0.2) is 60.1 Å². The number of benzene rings is 2. The quantitative estimate of drug-likeness (QED) is 0.617. The van der Waals surface area contributed by atoms with Gasteiger partial charge in [0.05, 0.1) is 13.7 Å². The Bertz CT molecular complexity index is 997. The van der Waals surface area contributed by atoms with Gasteiger partial charge in [0.25, 0.3) is 0 Å². The third-order valence-corrected chi connectivity index (χ3v) is 5.47. The number of hydrogen-bond acceptors (Lipinski definition) is 8. The van der Waals surface area contributed by atoms with E-state index < -0.39 is 0 Å². The summed E-state index contributed by atoms with van der Waals surface area (Å²) in [5.41, 5.74) is 2.14. The molecule has 2 aliphatic heterocycles. The Morgan fingerprint density at radius 2 is 1.60 bits per heavy atom. The summed E-state index contributed by atoms with van der Waals surface area (Å²) in [6, 6.07) is 13.8. The first-order chi connectivity index (χ1) is 14.8. The van der Waals surface area contributed by atoms with Crippen molar-refractivity contribution in [3.63, 3.8) is 0 Å². The van der Waals surface area contributed by atoms with Crippen LogP contribution in [0.5, 0.6) is 17.2 Å². The molecule has 2 aliphatic rings. The standard InChI is InChI=1S/C22H24N4O4/c1-27-18-5-3-17(4-6-18)22-24-23-21(30-22)14-26-10-8-25(9-11-26)13-16-2-7-19-20(12-16)29-15-28-19/h2-7,12H,8-11,13-15H2,1H3. The highest BCUT2D eigenvalue weighted by atomic mass is 16.7.